The second kappa shape index (κ2) is 12.1. The molecule has 0 atom stereocenters. The van der Waals surface area contributed by atoms with E-state index in [-0.39, 0.29) is 17.1 Å². The zero-order valence-corrected chi connectivity index (χ0v) is 6.50. The van der Waals surface area contributed by atoms with Crippen molar-refractivity contribution in [1.82, 2.24) is 0 Å². The van der Waals surface area contributed by atoms with Crippen LogP contribution in [0.4, 0.5) is 0 Å². The maximum atomic E-state index is 9.01. The van der Waals surface area contributed by atoms with Crippen LogP contribution in [-0.2, 0) is 26.7 Å². The Kier molecular flexibility index (Phi) is 18.4. The van der Waals surface area contributed by atoms with Crippen molar-refractivity contribution >= 4 is 11.9 Å². The molecule has 0 rings (SSSR count). The fourth-order valence-electron chi connectivity index (χ4n) is 0. The van der Waals surface area contributed by atoms with Crippen LogP contribution in [0.1, 0.15) is 0 Å². The first-order valence-electron chi connectivity index (χ1n) is 2.16. The average Bonchev–Trinajstić information content (AvgIpc) is 1.89. The third kappa shape index (κ3) is 44.7. The fourth-order valence-corrected chi connectivity index (χ4v) is 0. The van der Waals surface area contributed by atoms with E-state index in [2.05, 4.69) is 0 Å². The molecule has 0 aliphatic heterocycles. The molecule has 0 amide bonds. The third-order valence-electron chi connectivity index (χ3n) is 0.258. The Balaban J connectivity index is -0.000000107. The molecule has 0 aliphatic rings. The molecular weight excluding hydrogens is 199 g/mol. The van der Waals surface area contributed by atoms with Gasteiger partial charge in [-0.3, -0.25) is 0 Å². The molecule has 0 saturated carbocycles. The number of aliphatic carboxylic acids is 2. The van der Waals surface area contributed by atoms with Crippen molar-refractivity contribution in [2.75, 3.05) is 13.2 Å². The number of carboxylic acids is 2. The summed E-state index contributed by atoms with van der Waals surface area (Å²) in [6.07, 6.45) is 0. The van der Waals surface area contributed by atoms with Crippen LogP contribution in [0.25, 0.3) is 0 Å². The van der Waals surface area contributed by atoms with E-state index in [0.29, 0.717) is 0 Å². The van der Waals surface area contributed by atoms with Crippen molar-refractivity contribution in [2.24, 2.45) is 0 Å². The molecule has 0 aromatic heterocycles. The summed E-state index contributed by atoms with van der Waals surface area (Å²) in [6, 6.07) is 0. The van der Waals surface area contributed by atoms with Crippen LogP contribution in [0, 0.1) is 0 Å². The standard InChI is InChI=1S/2C2H4O3.Mn/c2*3-1-2(4)5;/h2*3H,1H2,(H,4,5);/q;;+2/p-2. The Morgan fingerprint density at radius 3 is 1.09 bits per heavy atom. The van der Waals surface area contributed by atoms with E-state index in [0.717, 1.165) is 0 Å². The number of hydrogen-bond donors (Lipinski definition) is 2. The van der Waals surface area contributed by atoms with Crippen molar-refractivity contribution in [3.05, 3.63) is 0 Å². The summed E-state index contributed by atoms with van der Waals surface area (Å²) in [5, 5.41) is 33.0. The van der Waals surface area contributed by atoms with Crippen molar-refractivity contribution in [3.8, 4) is 0 Å². The van der Waals surface area contributed by atoms with E-state index in [9.17, 15) is 0 Å². The minimum absolute atomic E-state index is 0. The number of carbonyl (C=O) groups is 2. The molecule has 0 heterocycles. The molecule has 0 aliphatic carbocycles. The Hall–Kier alpha value is -0.621. The quantitative estimate of drug-likeness (QED) is 0.438. The summed E-state index contributed by atoms with van der Waals surface area (Å²) in [4.78, 5) is 18.0. The second-order valence-electron chi connectivity index (χ2n) is 1.06. The van der Waals surface area contributed by atoms with Crippen LogP contribution >= 0.6 is 0 Å². The predicted molar refractivity (Wildman–Crippen MR) is 24.2 cm³/mol. The van der Waals surface area contributed by atoms with Crippen LogP contribution in [0.2, 0.25) is 0 Å². The Labute approximate surface area is 72.9 Å². The first-order valence-corrected chi connectivity index (χ1v) is 2.16. The molecule has 1 radical (unpaired) electrons. The van der Waals surface area contributed by atoms with Crippen molar-refractivity contribution in [3.63, 3.8) is 0 Å². The van der Waals surface area contributed by atoms with Crippen LogP contribution in [-0.4, -0.2) is 35.4 Å². The number of aliphatic hydroxyl groups is 2. The molecule has 0 unspecified atom stereocenters. The van der Waals surface area contributed by atoms with Gasteiger partial charge in [0.2, 0.25) is 0 Å². The van der Waals surface area contributed by atoms with Gasteiger partial charge >= 0.3 is 17.1 Å². The summed E-state index contributed by atoms with van der Waals surface area (Å²) in [5.74, 6) is -2.88. The van der Waals surface area contributed by atoms with Crippen LogP contribution in [0.5, 0.6) is 0 Å². The van der Waals surface area contributed by atoms with Crippen LogP contribution in [0.15, 0.2) is 0 Å². The van der Waals surface area contributed by atoms with Gasteiger partial charge in [-0.15, -0.1) is 0 Å². The molecule has 7 heteroatoms. The van der Waals surface area contributed by atoms with Gasteiger partial charge in [-0.05, 0) is 0 Å². The van der Waals surface area contributed by atoms with Gasteiger partial charge in [0.25, 0.3) is 0 Å². The minimum Gasteiger partial charge on any atom is -0.548 e. The van der Waals surface area contributed by atoms with Crippen molar-refractivity contribution in [1.29, 1.82) is 0 Å². The number of hydrogen-bond acceptors (Lipinski definition) is 6. The van der Waals surface area contributed by atoms with E-state index in [1.165, 1.54) is 0 Å². The van der Waals surface area contributed by atoms with Gasteiger partial charge in [-0.25, -0.2) is 0 Å². The van der Waals surface area contributed by atoms with E-state index < -0.39 is 25.2 Å². The summed E-state index contributed by atoms with van der Waals surface area (Å²) in [6.45, 7) is -1.78. The summed E-state index contributed by atoms with van der Waals surface area (Å²) in [7, 11) is 0. The van der Waals surface area contributed by atoms with Gasteiger partial charge in [0.05, 0.1) is 25.2 Å². The summed E-state index contributed by atoms with van der Waals surface area (Å²) in [5.41, 5.74) is 0. The van der Waals surface area contributed by atoms with Gasteiger partial charge < -0.3 is 30.0 Å². The molecule has 0 bridgehead atoms. The fraction of sp³-hybridized carbons (Fsp3) is 0.500. The van der Waals surface area contributed by atoms with Crippen LogP contribution < -0.4 is 10.2 Å². The number of carboxylic acid groups (broad SMARTS) is 2. The van der Waals surface area contributed by atoms with Gasteiger partial charge in [0, 0.05) is 0 Å². The van der Waals surface area contributed by atoms with Crippen molar-refractivity contribution < 1.29 is 47.1 Å². The largest absolute Gasteiger partial charge is 2.00 e. The molecule has 0 aromatic carbocycles. The van der Waals surface area contributed by atoms with Gasteiger partial charge in [0.1, 0.15) is 0 Å². The first kappa shape index (κ1) is 16.8. The molecule has 0 aromatic rings. The zero-order chi connectivity index (χ0) is 8.57. The average molecular weight is 205 g/mol. The Morgan fingerprint density at radius 1 is 1.00 bits per heavy atom. The molecule has 0 spiro atoms. The van der Waals surface area contributed by atoms with Crippen LogP contribution in [0.3, 0.4) is 0 Å². The summed E-state index contributed by atoms with van der Waals surface area (Å²) >= 11 is 0. The van der Waals surface area contributed by atoms with E-state index in [1.54, 1.807) is 0 Å². The molecule has 65 valence electrons. The normalized spacial score (nSPS) is 6.73. The molecule has 11 heavy (non-hydrogen) atoms. The zero-order valence-electron chi connectivity index (χ0n) is 5.32. The van der Waals surface area contributed by atoms with Gasteiger partial charge in [-0.1, -0.05) is 0 Å². The Morgan fingerprint density at radius 2 is 1.09 bits per heavy atom. The third-order valence-corrected chi connectivity index (χ3v) is 0.258. The summed E-state index contributed by atoms with van der Waals surface area (Å²) < 4.78 is 0. The molecule has 0 fully saturated rings. The number of carbonyl (C=O) groups excluding carboxylic acids is 2. The first-order chi connectivity index (χ1) is 4.54. The number of aliphatic hydroxyl groups excluding tert-OH is 2. The van der Waals surface area contributed by atoms with E-state index in [4.69, 9.17) is 30.0 Å². The van der Waals surface area contributed by atoms with E-state index >= 15 is 0 Å². The maximum absolute atomic E-state index is 9.01. The molecule has 6 nitrogen and oxygen atoms in total. The van der Waals surface area contributed by atoms with Crippen molar-refractivity contribution in [2.45, 2.75) is 0 Å². The molecular formula is C4H6MnO6. The smallest absolute Gasteiger partial charge is 0.548 e. The minimum atomic E-state index is -1.44. The Bertz CT molecular complexity index is 99.1. The SMILES string of the molecule is O=C([O-])CO.O=C([O-])CO.[Mn+2]. The molecule has 2 N–H and O–H groups in total. The number of rotatable bonds is 2. The second-order valence-corrected chi connectivity index (χ2v) is 1.06. The van der Waals surface area contributed by atoms with E-state index in [1.807, 2.05) is 0 Å². The monoisotopic (exact) mass is 205 g/mol. The topological polar surface area (TPSA) is 121 Å². The van der Waals surface area contributed by atoms with Gasteiger partial charge in [0.15, 0.2) is 0 Å². The van der Waals surface area contributed by atoms with Gasteiger partial charge in [-0.2, -0.15) is 0 Å². The molecule has 0 saturated heterocycles. The predicted octanol–water partition coefficient (Wildman–Crippen LogP) is -4.55. The maximum Gasteiger partial charge on any atom is 2.00 e.